The highest BCUT2D eigenvalue weighted by atomic mass is 35.5. The molecule has 0 aliphatic carbocycles. The van der Waals surface area contributed by atoms with Crippen molar-refractivity contribution in [3.63, 3.8) is 0 Å². The van der Waals surface area contributed by atoms with Gasteiger partial charge in [0.1, 0.15) is 17.0 Å². The number of benzene rings is 2. The normalized spacial score (nSPS) is 11.8. The number of fused-ring (bicyclic) bond motifs is 1. The molecule has 0 fully saturated rings. The minimum absolute atomic E-state index is 0.250. The lowest BCUT2D eigenvalue weighted by Crippen LogP contribution is -2.06. The largest absolute Gasteiger partial charge is 0.417 e. The summed E-state index contributed by atoms with van der Waals surface area (Å²) >= 11 is 7.18. The van der Waals surface area contributed by atoms with E-state index in [1.165, 1.54) is 35.4 Å². The van der Waals surface area contributed by atoms with Crippen molar-refractivity contribution in [2.24, 2.45) is 0 Å². The summed E-state index contributed by atoms with van der Waals surface area (Å²) in [6, 6.07) is 11.9. The van der Waals surface area contributed by atoms with Crippen LogP contribution in [0.15, 0.2) is 54.2 Å². The molecule has 0 amide bonds. The van der Waals surface area contributed by atoms with Gasteiger partial charge < -0.3 is 5.32 Å². The van der Waals surface area contributed by atoms with Gasteiger partial charge in [-0.2, -0.15) is 13.2 Å². The van der Waals surface area contributed by atoms with Crippen molar-refractivity contribution >= 4 is 44.7 Å². The van der Waals surface area contributed by atoms with Crippen molar-refractivity contribution in [2.45, 2.75) is 19.5 Å². The molecular weight excluding hydrogens is 419 g/mol. The second-order valence-electron chi connectivity index (χ2n) is 6.42. The summed E-state index contributed by atoms with van der Waals surface area (Å²) in [6.45, 7) is 2.09. The van der Waals surface area contributed by atoms with Gasteiger partial charge in [0.25, 0.3) is 0 Å². The van der Waals surface area contributed by atoms with Crippen LogP contribution in [0.3, 0.4) is 0 Å². The molecule has 0 saturated heterocycles. The molecule has 148 valence electrons. The van der Waals surface area contributed by atoms with E-state index in [9.17, 15) is 13.2 Å². The topological polar surface area (TPSA) is 37.8 Å². The summed E-state index contributed by atoms with van der Waals surface area (Å²) in [5.41, 5.74) is 2.51. The van der Waals surface area contributed by atoms with Gasteiger partial charge in [-0.25, -0.2) is 9.97 Å². The number of alkyl halides is 3. The molecule has 0 bridgehead atoms. The number of aromatic nitrogens is 2. The Labute approximate surface area is 174 Å². The third-order valence-corrected chi connectivity index (χ3v) is 5.79. The highest BCUT2D eigenvalue weighted by molar-refractivity contribution is 7.17. The smallest absolute Gasteiger partial charge is 0.340 e. The molecule has 0 radical (unpaired) electrons. The molecule has 2 aromatic carbocycles. The molecule has 2 aromatic heterocycles. The van der Waals surface area contributed by atoms with Crippen LogP contribution in [-0.2, 0) is 12.6 Å². The molecule has 1 N–H and O–H groups in total. The van der Waals surface area contributed by atoms with Crippen LogP contribution in [0, 0.1) is 0 Å². The van der Waals surface area contributed by atoms with E-state index in [1.807, 2.05) is 17.5 Å². The van der Waals surface area contributed by atoms with Gasteiger partial charge >= 0.3 is 6.18 Å². The first kappa shape index (κ1) is 19.7. The van der Waals surface area contributed by atoms with E-state index in [2.05, 4.69) is 34.3 Å². The molecule has 0 aliphatic heterocycles. The zero-order valence-electron chi connectivity index (χ0n) is 15.2. The SMILES string of the molecule is CCc1ccc(-c2csc3ncnc(Nc4ccc(Cl)c(C(F)(F)F)c4)c23)cc1. The maximum atomic E-state index is 13.2. The van der Waals surface area contributed by atoms with Crippen molar-refractivity contribution in [1.29, 1.82) is 0 Å². The Morgan fingerprint density at radius 1 is 1.07 bits per heavy atom. The molecular formula is C21H15ClF3N3S. The maximum absolute atomic E-state index is 13.2. The second kappa shape index (κ2) is 7.65. The molecule has 0 spiro atoms. The van der Waals surface area contributed by atoms with Gasteiger partial charge in [0.05, 0.1) is 16.0 Å². The highest BCUT2D eigenvalue weighted by Gasteiger charge is 2.33. The lowest BCUT2D eigenvalue weighted by molar-refractivity contribution is -0.137. The monoisotopic (exact) mass is 433 g/mol. The first-order valence-corrected chi connectivity index (χ1v) is 10.1. The summed E-state index contributed by atoms with van der Waals surface area (Å²) < 4.78 is 39.5. The van der Waals surface area contributed by atoms with Gasteiger partial charge in [0.15, 0.2) is 0 Å². The lowest BCUT2D eigenvalue weighted by atomic mass is 10.0. The number of rotatable bonds is 4. The molecule has 0 atom stereocenters. The van der Waals surface area contributed by atoms with Crippen LogP contribution in [0.4, 0.5) is 24.7 Å². The molecule has 0 unspecified atom stereocenters. The number of halogens is 4. The van der Waals surface area contributed by atoms with Crippen molar-refractivity contribution in [2.75, 3.05) is 5.32 Å². The third-order valence-electron chi connectivity index (χ3n) is 4.58. The Morgan fingerprint density at radius 2 is 1.83 bits per heavy atom. The summed E-state index contributed by atoms with van der Waals surface area (Å²) in [7, 11) is 0. The molecule has 0 saturated carbocycles. The zero-order chi connectivity index (χ0) is 20.6. The first-order chi connectivity index (χ1) is 13.9. The molecule has 8 heteroatoms. The van der Waals surface area contributed by atoms with Gasteiger partial charge in [-0.15, -0.1) is 11.3 Å². The fourth-order valence-corrected chi connectivity index (χ4v) is 4.20. The van der Waals surface area contributed by atoms with Gasteiger partial charge in [0.2, 0.25) is 0 Å². The van der Waals surface area contributed by atoms with Crippen LogP contribution in [0.25, 0.3) is 21.3 Å². The zero-order valence-corrected chi connectivity index (χ0v) is 16.8. The second-order valence-corrected chi connectivity index (χ2v) is 7.68. The van der Waals surface area contributed by atoms with E-state index >= 15 is 0 Å². The van der Waals surface area contributed by atoms with Gasteiger partial charge in [-0.1, -0.05) is 42.8 Å². The third kappa shape index (κ3) is 3.93. The average Bonchev–Trinajstić information content (AvgIpc) is 3.14. The van der Waals surface area contributed by atoms with Crippen molar-refractivity contribution in [1.82, 2.24) is 9.97 Å². The molecule has 29 heavy (non-hydrogen) atoms. The summed E-state index contributed by atoms with van der Waals surface area (Å²) in [4.78, 5) is 9.33. The molecule has 2 heterocycles. The number of anilines is 2. The number of hydrogen-bond acceptors (Lipinski definition) is 4. The Balaban J connectivity index is 1.78. The Hall–Kier alpha value is -2.64. The predicted molar refractivity (Wildman–Crippen MR) is 112 cm³/mol. The van der Waals surface area contributed by atoms with Crippen LogP contribution in [0.2, 0.25) is 5.02 Å². The quantitative estimate of drug-likeness (QED) is 0.366. The molecule has 0 aliphatic rings. The number of hydrogen-bond donors (Lipinski definition) is 1. The van der Waals surface area contributed by atoms with Crippen molar-refractivity contribution < 1.29 is 13.2 Å². The van der Waals surface area contributed by atoms with Gasteiger partial charge in [-0.3, -0.25) is 0 Å². The molecule has 4 aromatic rings. The van der Waals surface area contributed by atoms with Crippen molar-refractivity contribution in [3.05, 3.63) is 70.3 Å². The Bertz CT molecular complexity index is 1170. The Morgan fingerprint density at radius 3 is 2.52 bits per heavy atom. The van der Waals surface area contributed by atoms with Crippen LogP contribution in [0.1, 0.15) is 18.1 Å². The minimum atomic E-state index is -4.54. The fraction of sp³-hybridized carbons (Fsp3) is 0.143. The average molecular weight is 434 g/mol. The van der Waals surface area contributed by atoms with Gasteiger partial charge in [-0.05, 0) is 35.7 Å². The maximum Gasteiger partial charge on any atom is 0.417 e. The van der Waals surface area contributed by atoms with E-state index in [4.69, 9.17) is 11.6 Å². The van der Waals surface area contributed by atoms with Gasteiger partial charge in [0, 0.05) is 16.6 Å². The highest BCUT2D eigenvalue weighted by Crippen LogP contribution is 2.39. The standard InChI is InChI=1S/C21H15ClF3N3S/c1-2-12-3-5-13(6-4-12)15-10-29-20-18(15)19(26-11-27-20)28-14-7-8-17(22)16(9-14)21(23,24)25/h3-11H,2H2,1H3,(H,26,27,28). The van der Waals surface area contributed by atoms with E-state index in [0.29, 0.717) is 5.82 Å². The minimum Gasteiger partial charge on any atom is -0.340 e. The van der Waals surface area contributed by atoms with E-state index in [0.717, 1.165) is 33.8 Å². The van der Waals surface area contributed by atoms with E-state index in [1.54, 1.807) is 0 Å². The summed E-state index contributed by atoms with van der Waals surface area (Å²) in [5, 5.41) is 5.41. The number of thiophene rings is 1. The number of nitrogens with one attached hydrogen (secondary N) is 1. The van der Waals surface area contributed by atoms with Crippen LogP contribution in [0.5, 0.6) is 0 Å². The predicted octanol–water partition coefficient (Wildman–Crippen LogP) is 7.34. The van der Waals surface area contributed by atoms with Crippen LogP contribution in [-0.4, -0.2) is 9.97 Å². The first-order valence-electron chi connectivity index (χ1n) is 8.82. The summed E-state index contributed by atoms with van der Waals surface area (Å²) in [6.07, 6.45) is -2.20. The summed E-state index contributed by atoms with van der Waals surface area (Å²) in [5.74, 6) is 0.446. The number of aryl methyl sites for hydroxylation is 1. The van der Waals surface area contributed by atoms with Crippen LogP contribution >= 0.6 is 22.9 Å². The lowest BCUT2D eigenvalue weighted by Gasteiger charge is -2.13. The van der Waals surface area contributed by atoms with E-state index in [-0.39, 0.29) is 10.7 Å². The molecule has 3 nitrogen and oxygen atoms in total. The van der Waals surface area contributed by atoms with Crippen molar-refractivity contribution in [3.8, 4) is 11.1 Å². The van der Waals surface area contributed by atoms with E-state index < -0.39 is 11.7 Å². The van der Waals surface area contributed by atoms with Crippen LogP contribution < -0.4 is 5.32 Å². The molecule has 4 rings (SSSR count). The number of nitrogens with zero attached hydrogens (tertiary/aromatic N) is 2. The fourth-order valence-electron chi connectivity index (χ4n) is 3.06. The Kier molecular flexibility index (Phi) is 5.19.